The van der Waals surface area contributed by atoms with Crippen LogP contribution < -0.4 is 0 Å². The van der Waals surface area contributed by atoms with Crippen LogP contribution in [0.5, 0.6) is 0 Å². The molecular weight excluding hydrogens is 333 g/mol. The van der Waals surface area contributed by atoms with Crippen LogP contribution in [0.4, 0.5) is 0 Å². The quantitative estimate of drug-likeness (QED) is 0.751. The summed E-state index contributed by atoms with van der Waals surface area (Å²) in [5.41, 5.74) is -0.638. The van der Waals surface area contributed by atoms with E-state index in [1.165, 1.54) is 0 Å². The molecule has 0 spiro atoms. The maximum Gasteiger partial charge on any atom is 0.250 e. The second-order valence-corrected chi connectivity index (χ2v) is 5.81. The summed E-state index contributed by atoms with van der Waals surface area (Å²) in [6, 6.07) is 0. The van der Waals surface area contributed by atoms with Crippen molar-refractivity contribution in [1.82, 2.24) is 14.7 Å². The second-order valence-electron chi connectivity index (χ2n) is 4.57. The molecule has 0 aromatic carbocycles. The van der Waals surface area contributed by atoms with Gasteiger partial charge in [-0.25, -0.2) is 0 Å². The molecule has 17 heavy (non-hydrogen) atoms. The molecule has 0 unspecified atom stereocenters. The first-order valence-electron chi connectivity index (χ1n) is 5.59. The molecule has 2 rings (SSSR count). The van der Waals surface area contributed by atoms with E-state index in [0.717, 1.165) is 3.57 Å². The number of hydrogen-bond donors (Lipinski definition) is 0. The fourth-order valence-electron chi connectivity index (χ4n) is 1.86. The van der Waals surface area contributed by atoms with Crippen molar-refractivity contribution in [3.8, 4) is 0 Å². The Morgan fingerprint density at radius 2 is 2.12 bits per heavy atom. The first-order chi connectivity index (χ1) is 8.01. The summed E-state index contributed by atoms with van der Waals surface area (Å²) in [6.07, 6.45) is 3.65. The van der Waals surface area contributed by atoms with Crippen LogP contribution in [0.3, 0.4) is 0 Å². The lowest BCUT2D eigenvalue weighted by Gasteiger charge is -2.34. The second kappa shape index (κ2) is 4.93. The lowest BCUT2D eigenvalue weighted by molar-refractivity contribution is -0.143. The van der Waals surface area contributed by atoms with Crippen molar-refractivity contribution in [3.63, 3.8) is 0 Å². The van der Waals surface area contributed by atoms with Gasteiger partial charge in [0, 0.05) is 19.3 Å². The third kappa shape index (κ3) is 2.62. The smallest absolute Gasteiger partial charge is 0.250 e. The van der Waals surface area contributed by atoms with Gasteiger partial charge in [-0.15, -0.1) is 0 Å². The molecule has 1 aliphatic rings. The Labute approximate surface area is 114 Å². The van der Waals surface area contributed by atoms with Gasteiger partial charge in [-0.3, -0.25) is 9.48 Å². The van der Waals surface area contributed by atoms with E-state index in [4.69, 9.17) is 4.74 Å². The monoisotopic (exact) mass is 349 g/mol. The summed E-state index contributed by atoms with van der Waals surface area (Å²) in [5, 5.41) is 4.23. The molecular formula is C11H16IN3O2. The lowest BCUT2D eigenvalue weighted by atomic mass is 10.0. The van der Waals surface area contributed by atoms with Crippen LogP contribution in [0.25, 0.3) is 0 Å². The third-order valence-corrected chi connectivity index (χ3v) is 3.50. The Morgan fingerprint density at radius 3 is 2.65 bits per heavy atom. The average molecular weight is 349 g/mol. The van der Waals surface area contributed by atoms with E-state index in [-0.39, 0.29) is 5.91 Å². The van der Waals surface area contributed by atoms with Crippen LogP contribution in [0, 0.1) is 3.57 Å². The number of halogens is 1. The molecule has 1 aliphatic heterocycles. The Balaban J connectivity index is 2.16. The molecule has 94 valence electrons. The van der Waals surface area contributed by atoms with Crippen molar-refractivity contribution < 1.29 is 9.53 Å². The number of ether oxygens (including phenoxy) is 1. The highest BCUT2D eigenvalue weighted by Crippen LogP contribution is 2.19. The molecule has 1 saturated heterocycles. The van der Waals surface area contributed by atoms with E-state index < -0.39 is 5.54 Å². The maximum absolute atomic E-state index is 12.4. The number of nitrogens with zero attached hydrogens (tertiary/aromatic N) is 3. The van der Waals surface area contributed by atoms with Gasteiger partial charge in [0.1, 0.15) is 5.54 Å². The standard InChI is InChI=1S/C11H16IN3O2/c1-11(2,15-8-9(12)7-13-15)10(16)14-3-5-17-6-4-14/h7-8H,3-6H2,1-2H3. The molecule has 0 atom stereocenters. The minimum Gasteiger partial charge on any atom is -0.378 e. The number of rotatable bonds is 2. The molecule has 6 heteroatoms. The van der Waals surface area contributed by atoms with Gasteiger partial charge in [0.25, 0.3) is 0 Å². The van der Waals surface area contributed by atoms with E-state index >= 15 is 0 Å². The Morgan fingerprint density at radius 1 is 1.47 bits per heavy atom. The number of aromatic nitrogens is 2. The van der Waals surface area contributed by atoms with Gasteiger partial charge in [-0.05, 0) is 36.4 Å². The predicted octanol–water partition coefficient (Wildman–Crippen LogP) is 1.08. The van der Waals surface area contributed by atoms with Crippen LogP contribution in [-0.4, -0.2) is 46.9 Å². The van der Waals surface area contributed by atoms with Crippen LogP contribution in [-0.2, 0) is 15.1 Å². The summed E-state index contributed by atoms with van der Waals surface area (Å²) in [4.78, 5) is 14.3. The summed E-state index contributed by atoms with van der Waals surface area (Å²) in [5.74, 6) is 0.0975. The molecule has 0 radical (unpaired) electrons. The number of hydrogen-bond acceptors (Lipinski definition) is 3. The summed E-state index contributed by atoms with van der Waals surface area (Å²) < 4.78 is 8.02. The molecule has 1 amide bonds. The topological polar surface area (TPSA) is 47.4 Å². The van der Waals surface area contributed by atoms with E-state index in [0.29, 0.717) is 26.3 Å². The highest BCUT2D eigenvalue weighted by atomic mass is 127. The minimum atomic E-state index is -0.638. The molecule has 0 bridgehead atoms. The number of morpholine rings is 1. The summed E-state index contributed by atoms with van der Waals surface area (Å²) in [6.45, 7) is 6.37. The van der Waals surface area contributed by atoms with Gasteiger partial charge < -0.3 is 9.64 Å². The average Bonchev–Trinajstić information content (AvgIpc) is 2.77. The third-order valence-electron chi connectivity index (χ3n) is 2.95. The normalized spacial score (nSPS) is 17.2. The Bertz CT molecular complexity index is 411. The van der Waals surface area contributed by atoms with Gasteiger partial charge in [0.15, 0.2) is 0 Å². The Hall–Kier alpha value is -0.630. The van der Waals surface area contributed by atoms with Gasteiger partial charge in [-0.1, -0.05) is 0 Å². The molecule has 0 N–H and O–H groups in total. The van der Waals surface area contributed by atoms with Crippen molar-refractivity contribution in [2.45, 2.75) is 19.4 Å². The molecule has 5 nitrogen and oxygen atoms in total. The summed E-state index contributed by atoms with van der Waals surface area (Å²) in [7, 11) is 0. The number of carbonyl (C=O) groups excluding carboxylic acids is 1. The largest absolute Gasteiger partial charge is 0.378 e. The molecule has 2 heterocycles. The van der Waals surface area contributed by atoms with E-state index in [1.807, 2.05) is 24.9 Å². The van der Waals surface area contributed by atoms with Crippen molar-refractivity contribution in [2.75, 3.05) is 26.3 Å². The zero-order chi connectivity index (χ0) is 12.5. The van der Waals surface area contributed by atoms with E-state index in [1.54, 1.807) is 10.9 Å². The molecule has 1 aromatic heterocycles. The highest BCUT2D eigenvalue weighted by molar-refractivity contribution is 14.1. The SMILES string of the molecule is CC(C)(C(=O)N1CCOCC1)n1cc(I)cn1. The van der Waals surface area contributed by atoms with Gasteiger partial charge in [0.05, 0.1) is 23.0 Å². The molecule has 1 fully saturated rings. The molecule has 1 aromatic rings. The lowest BCUT2D eigenvalue weighted by Crippen LogP contribution is -2.51. The van der Waals surface area contributed by atoms with Crippen LogP contribution in [0.1, 0.15) is 13.8 Å². The summed E-state index contributed by atoms with van der Waals surface area (Å²) >= 11 is 2.19. The highest BCUT2D eigenvalue weighted by Gasteiger charge is 2.35. The van der Waals surface area contributed by atoms with Gasteiger partial charge in [0.2, 0.25) is 5.91 Å². The van der Waals surface area contributed by atoms with Crippen LogP contribution in [0.15, 0.2) is 12.4 Å². The maximum atomic E-state index is 12.4. The van der Waals surface area contributed by atoms with E-state index in [2.05, 4.69) is 27.7 Å². The Kier molecular flexibility index (Phi) is 3.72. The zero-order valence-electron chi connectivity index (χ0n) is 10.0. The van der Waals surface area contributed by atoms with Crippen molar-refractivity contribution in [1.29, 1.82) is 0 Å². The fourth-order valence-corrected chi connectivity index (χ4v) is 2.25. The predicted molar refractivity (Wildman–Crippen MR) is 71.7 cm³/mol. The van der Waals surface area contributed by atoms with Crippen molar-refractivity contribution >= 4 is 28.5 Å². The van der Waals surface area contributed by atoms with Gasteiger partial charge in [-0.2, -0.15) is 5.10 Å². The van der Waals surface area contributed by atoms with E-state index in [9.17, 15) is 4.79 Å². The first kappa shape index (κ1) is 12.8. The van der Waals surface area contributed by atoms with Crippen LogP contribution >= 0.6 is 22.6 Å². The molecule has 0 aliphatic carbocycles. The molecule has 0 saturated carbocycles. The fraction of sp³-hybridized carbons (Fsp3) is 0.636. The van der Waals surface area contributed by atoms with Gasteiger partial charge >= 0.3 is 0 Å². The minimum absolute atomic E-state index is 0.0975. The van der Waals surface area contributed by atoms with Crippen molar-refractivity contribution in [3.05, 3.63) is 16.0 Å². The number of amides is 1. The number of carbonyl (C=O) groups is 1. The van der Waals surface area contributed by atoms with Crippen molar-refractivity contribution in [2.24, 2.45) is 0 Å². The first-order valence-corrected chi connectivity index (χ1v) is 6.67. The zero-order valence-corrected chi connectivity index (χ0v) is 12.2. The van der Waals surface area contributed by atoms with Crippen LogP contribution in [0.2, 0.25) is 0 Å².